The monoisotopic (exact) mass is 384 g/mol. The number of nitrogens with one attached hydrogen (secondary N) is 1. The van der Waals surface area contributed by atoms with Crippen molar-refractivity contribution in [1.82, 2.24) is 19.9 Å². The van der Waals surface area contributed by atoms with Crippen LogP contribution in [0.25, 0.3) is 11.4 Å². The second-order valence-electron chi connectivity index (χ2n) is 6.66. The lowest BCUT2D eigenvalue weighted by Crippen LogP contribution is -2.19. The lowest BCUT2D eigenvalue weighted by molar-refractivity contribution is 0.146. The maximum atomic E-state index is 13.0. The molecule has 1 aromatic carbocycles. The lowest BCUT2D eigenvalue weighted by atomic mass is 10.1. The largest absolute Gasteiger partial charge is 0.307 e. The van der Waals surface area contributed by atoms with E-state index in [0.717, 1.165) is 23.7 Å². The van der Waals surface area contributed by atoms with Crippen molar-refractivity contribution in [2.45, 2.75) is 32.9 Å². The van der Waals surface area contributed by atoms with Gasteiger partial charge in [0.25, 0.3) is 12.0 Å². The molecule has 0 radical (unpaired) electrons. The number of hydrogen-bond donors (Lipinski definition) is 1. The fraction of sp³-hybridized carbons (Fsp3) is 0.286. The number of alkyl halides is 2. The molecule has 0 atom stereocenters. The van der Waals surface area contributed by atoms with Gasteiger partial charge < -0.3 is 4.98 Å². The van der Waals surface area contributed by atoms with Crippen molar-refractivity contribution in [3.8, 4) is 11.4 Å². The van der Waals surface area contributed by atoms with E-state index in [0.29, 0.717) is 18.7 Å². The zero-order valence-electron chi connectivity index (χ0n) is 15.8. The number of aromatic amines is 1. The highest BCUT2D eigenvalue weighted by Gasteiger charge is 2.15. The van der Waals surface area contributed by atoms with Gasteiger partial charge in [-0.05, 0) is 30.7 Å². The molecule has 0 aliphatic carbocycles. The maximum Gasteiger partial charge on any atom is 0.280 e. The Balaban J connectivity index is 1.83. The summed E-state index contributed by atoms with van der Waals surface area (Å²) in [6.45, 7) is 3.27. The molecule has 0 aliphatic heterocycles. The molecule has 2 aromatic heterocycles. The highest BCUT2D eigenvalue weighted by Crippen LogP contribution is 2.23. The van der Waals surface area contributed by atoms with Gasteiger partial charge in [-0.1, -0.05) is 37.3 Å². The van der Waals surface area contributed by atoms with Gasteiger partial charge in [0.05, 0.1) is 5.69 Å². The smallest absolute Gasteiger partial charge is 0.280 e. The number of pyridine rings is 1. The van der Waals surface area contributed by atoms with Gasteiger partial charge in [0.1, 0.15) is 11.5 Å². The second kappa shape index (κ2) is 8.84. The molecule has 3 rings (SSSR count). The summed E-state index contributed by atoms with van der Waals surface area (Å²) in [6, 6.07) is 12.2. The number of aryl methyl sites for hydroxylation is 1. The fourth-order valence-corrected chi connectivity index (χ4v) is 2.99. The van der Waals surface area contributed by atoms with E-state index >= 15 is 0 Å². The van der Waals surface area contributed by atoms with Crippen molar-refractivity contribution in [2.24, 2.45) is 0 Å². The molecule has 0 saturated carbocycles. The number of benzene rings is 1. The summed E-state index contributed by atoms with van der Waals surface area (Å²) in [5, 5.41) is 0. The number of hydrogen-bond acceptors (Lipinski definition) is 4. The average molecular weight is 384 g/mol. The molecular weight excluding hydrogens is 362 g/mol. The molecule has 1 N–H and O–H groups in total. The van der Waals surface area contributed by atoms with Gasteiger partial charge in [0, 0.05) is 30.9 Å². The van der Waals surface area contributed by atoms with Crippen LogP contribution in [0.2, 0.25) is 0 Å². The van der Waals surface area contributed by atoms with Crippen LogP contribution in [-0.2, 0) is 19.5 Å². The highest BCUT2D eigenvalue weighted by atomic mass is 19.3. The van der Waals surface area contributed by atoms with Crippen LogP contribution in [0.1, 0.15) is 35.9 Å². The summed E-state index contributed by atoms with van der Waals surface area (Å²) >= 11 is 0. The van der Waals surface area contributed by atoms with E-state index in [1.165, 1.54) is 5.56 Å². The predicted molar refractivity (Wildman–Crippen MR) is 104 cm³/mol. The fourth-order valence-electron chi connectivity index (χ4n) is 2.99. The first kappa shape index (κ1) is 19.8. The molecule has 0 saturated heterocycles. The summed E-state index contributed by atoms with van der Waals surface area (Å²) in [5.41, 5.74) is 2.52. The van der Waals surface area contributed by atoms with E-state index < -0.39 is 17.7 Å². The topological polar surface area (TPSA) is 61.9 Å². The summed E-state index contributed by atoms with van der Waals surface area (Å²) in [4.78, 5) is 24.8. The number of rotatable bonds is 7. The van der Waals surface area contributed by atoms with Gasteiger partial charge in [0.15, 0.2) is 0 Å². The third-order valence-corrected chi connectivity index (χ3v) is 4.42. The van der Waals surface area contributed by atoms with Crippen LogP contribution in [-0.4, -0.2) is 26.9 Å². The number of H-pyrrole nitrogens is 1. The summed E-state index contributed by atoms with van der Waals surface area (Å²) in [7, 11) is 1.96. The molecule has 2 heterocycles. The normalized spacial score (nSPS) is 11.4. The maximum absolute atomic E-state index is 13.0. The molecule has 0 amide bonds. The van der Waals surface area contributed by atoms with E-state index in [2.05, 4.69) is 32.8 Å². The van der Waals surface area contributed by atoms with Crippen molar-refractivity contribution in [2.75, 3.05) is 7.05 Å². The van der Waals surface area contributed by atoms with Crippen LogP contribution in [0, 0.1) is 0 Å². The van der Waals surface area contributed by atoms with Gasteiger partial charge in [-0.15, -0.1) is 0 Å². The minimum Gasteiger partial charge on any atom is -0.307 e. The lowest BCUT2D eigenvalue weighted by Gasteiger charge is -2.18. The molecule has 0 spiro atoms. The molecule has 0 unspecified atom stereocenters. The first-order chi connectivity index (χ1) is 13.5. The van der Waals surface area contributed by atoms with Crippen LogP contribution in [0.3, 0.4) is 0 Å². The Morgan fingerprint density at radius 2 is 1.93 bits per heavy atom. The Kier molecular flexibility index (Phi) is 6.26. The van der Waals surface area contributed by atoms with E-state index in [9.17, 15) is 13.6 Å². The molecule has 7 heteroatoms. The third-order valence-electron chi connectivity index (χ3n) is 4.42. The van der Waals surface area contributed by atoms with Crippen molar-refractivity contribution in [3.63, 3.8) is 0 Å². The van der Waals surface area contributed by atoms with Crippen LogP contribution in [0.15, 0.2) is 53.5 Å². The molecule has 28 heavy (non-hydrogen) atoms. The first-order valence-corrected chi connectivity index (χ1v) is 9.06. The molecule has 0 aliphatic rings. The number of nitrogens with zero attached hydrogens (tertiary/aromatic N) is 3. The number of aromatic nitrogens is 3. The van der Waals surface area contributed by atoms with E-state index in [1.54, 1.807) is 12.1 Å². The SMILES string of the molecule is CCc1ccc(CN(C)Cc2ccccc2-c2nc(C(F)F)cc(=O)[nH]2)nc1. The van der Waals surface area contributed by atoms with Crippen molar-refractivity contribution < 1.29 is 8.78 Å². The number of halogens is 2. The predicted octanol–water partition coefficient (Wildman–Crippen LogP) is 3.96. The minimum atomic E-state index is -2.80. The molecule has 5 nitrogen and oxygen atoms in total. The van der Waals surface area contributed by atoms with Gasteiger partial charge in [-0.2, -0.15) is 0 Å². The Morgan fingerprint density at radius 3 is 2.61 bits per heavy atom. The van der Waals surface area contributed by atoms with E-state index in [4.69, 9.17) is 0 Å². The Labute approximate surface area is 162 Å². The quantitative estimate of drug-likeness (QED) is 0.670. The first-order valence-electron chi connectivity index (χ1n) is 9.06. The molecule has 3 aromatic rings. The van der Waals surface area contributed by atoms with Crippen LogP contribution < -0.4 is 5.56 Å². The summed E-state index contributed by atoms with van der Waals surface area (Å²) in [5.74, 6) is 0.150. The van der Waals surface area contributed by atoms with Crippen LogP contribution in [0.5, 0.6) is 0 Å². The van der Waals surface area contributed by atoms with Crippen molar-refractivity contribution in [1.29, 1.82) is 0 Å². The van der Waals surface area contributed by atoms with Gasteiger partial charge in [-0.25, -0.2) is 13.8 Å². The summed E-state index contributed by atoms with van der Waals surface area (Å²) < 4.78 is 26.0. The van der Waals surface area contributed by atoms with Gasteiger partial charge >= 0.3 is 0 Å². The van der Waals surface area contributed by atoms with Crippen LogP contribution in [0.4, 0.5) is 8.78 Å². The second-order valence-corrected chi connectivity index (χ2v) is 6.66. The molecule has 0 bridgehead atoms. The van der Waals surface area contributed by atoms with Gasteiger partial charge in [0.2, 0.25) is 0 Å². The zero-order valence-corrected chi connectivity index (χ0v) is 15.8. The Morgan fingerprint density at radius 1 is 1.14 bits per heavy atom. The zero-order chi connectivity index (χ0) is 20.1. The summed E-state index contributed by atoms with van der Waals surface area (Å²) in [6.07, 6.45) is 0.0223. The average Bonchev–Trinajstić information content (AvgIpc) is 2.68. The molecular formula is C21H22F2N4O. The van der Waals surface area contributed by atoms with E-state index in [-0.39, 0.29) is 5.82 Å². The third kappa shape index (κ3) is 4.86. The van der Waals surface area contributed by atoms with Crippen LogP contribution >= 0.6 is 0 Å². The minimum absolute atomic E-state index is 0.150. The standard InChI is InChI=1S/C21H22F2N4O/c1-3-14-8-9-16(24-11-14)13-27(2)12-15-6-4-5-7-17(15)21-25-18(20(22)23)10-19(28)26-21/h4-11,20H,3,12-13H2,1-2H3,(H,25,26,28). The Bertz CT molecular complexity index is 986. The van der Waals surface area contributed by atoms with E-state index in [1.807, 2.05) is 31.4 Å². The Hall–Kier alpha value is -2.93. The highest BCUT2D eigenvalue weighted by molar-refractivity contribution is 5.60. The van der Waals surface area contributed by atoms with Gasteiger partial charge in [-0.3, -0.25) is 14.7 Å². The van der Waals surface area contributed by atoms with Crippen molar-refractivity contribution >= 4 is 0 Å². The molecule has 0 fully saturated rings. The van der Waals surface area contributed by atoms with Crippen molar-refractivity contribution in [3.05, 3.63) is 81.5 Å². The molecule has 146 valence electrons.